The van der Waals surface area contributed by atoms with E-state index in [1.54, 1.807) is 0 Å². The number of hydrogen-bond donors (Lipinski definition) is 1. The Hall–Kier alpha value is -0.530. The Balaban J connectivity index is 2.62. The molecule has 0 saturated carbocycles. The Kier molecular flexibility index (Phi) is 4.26. The van der Waals surface area contributed by atoms with Gasteiger partial charge in [-0.1, -0.05) is 37.1 Å². The van der Waals surface area contributed by atoms with Crippen LogP contribution >= 0.6 is 11.6 Å². The predicted octanol–water partition coefficient (Wildman–Crippen LogP) is 2.87. The number of halogens is 1. The highest BCUT2D eigenvalue weighted by Gasteiger charge is 2.04. The van der Waals surface area contributed by atoms with E-state index >= 15 is 0 Å². The fourth-order valence-corrected chi connectivity index (χ4v) is 1.60. The molecule has 2 heteroatoms. The van der Waals surface area contributed by atoms with Crippen LogP contribution in [0.15, 0.2) is 24.3 Å². The number of hydrogen-bond acceptors (Lipinski definition) is 1. The highest BCUT2D eigenvalue weighted by molar-refractivity contribution is 6.30. The first-order valence-corrected chi connectivity index (χ1v) is 5.08. The molecule has 0 heterocycles. The van der Waals surface area contributed by atoms with Crippen molar-refractivity contribution in [2.24, 2.45) is 11.7 Å². The minimum atomic E-state index is 0.582. The van der Waals surface area contributed by atoms with Gasteiger partial charge in [0.25, 0.3) is 0 Å². The molecule has 2 N–H and O–H groups in total. The van der Waals surface area contributed by atoms with Crippen LogP contribution in [0.1, 0.15) is 18.9 Å². The molecular formula is C11H16ClN. The van der Waals surface area contributed by atoms with Gasteiger partial charge in [-0.15, -0.1) is 0 Å². The van der Waals surface area contributed by atoms with Gasteiger partial charge in [0.2, 0.25) is 0 Å². The van der Waals surface area contributed by atoms with Crippen molar-refractivity contribution in [3.8, 4) is 0 Å². The summed E-state index contributed by atoms with van der Waals surface area (Å²) in [5.74, 6) is 0.582. The van der Waals surface area contributed by atoms with Gasteiger partial charge in [-0.2, -0.15) is 0 Å². The summed E-state index contributed by atoms with van der Waals surface area (Å²) in [7, 11) is 0. The van der Waals surface area contributed by atoms with Crippen molar-refractivity contribution in [3.05, 3.63) is 34.9 Å². The van der Waals surface area contributed by atoms with Gasteiger partial charge in [0, 0.05) is 5.02 Å². The Labute approximate surface area is 84.9 Å². The maximum Gasteiger partial charge on any atom is 0.0408 e. The molecule has 0 aliphatic carbocycles. The molecule has 0 amide bonds. The zero-order valence-electron chi connectivity index (χ0n) is 7.96. The van der Waals surface area contributed by atoms with Crippen molar-refractivity contribution >= 4 is 11.6 Å². The Bertz CT molecular complexity index is 256. The molecule has 13 heavy (non-hydrogen) atoms. The minimum Gasteiger partial charge on any atom is -0.330 e. The molecule has 1 nitrogen and oxygen atoms in total. The third-order valence-corrected chi connectivity index (χ3v) is 2.56. The van der Waals surface area contributed by atoms with E-state index in [2.05, 4.69) is 13.0 Å². The second kappa shape index (κ2) is 5.25. The molecule has 0 aliphatic heterocycles. The predicted molar refractivity (Wildman–Crippen MR) is 58.0 cm³/mol. The van der Waals surface area contributed by atoms with E-state index in [0.29, 0.717) is 5.92 Å². The van der Waals surface area contributed by atoms with Gasteiger partial charge in [-0.25, -0.2) is 0 Å². The molecule has 0 aromatic heterocycles. The first kappa shape index (κ1) is 10.6. The molecule has 72 valence electrons. The van der Waals surface area contributed by atoms with Gasteiger partial charge in [0.05, 0.1) is 0 Å². The van der Waals surface area contributed by atoms with E-state index < -0.39 is 0 Å². The van der Waals surface area contributed by atoms with E-state index in [9.17, 15) is 0 Å². The van der Waals surface area contributed by atoms with Gasteiger partial charge >= 0.3 is 0 Å². The lowest BCUT2D eigenvalue weighted by Crippen LogP contribution is -2.15. The summed E-state index contributed by atoms with van der Waals surface area (Å²) in [5, 5.41) is 0.810. The number of benzene rings is 1. The van der Waals surface area contributed by atoms with Crippen LogP contribution < -0.4 is 5.73 Å². The molecule has 0 spiro atoms. The summed E-state index contributed by atoms with van der Waals surface area (Å²) in [5.41, 5.74) is 6.92. The zero-order valence-corrected chi connectivity index (χ0v) is 8.72. The van der Waals surface area contributed by atoms with Crippen LogP contribution in [0.25, 0.3) is 0 Å². The average Bonchev–Trinajstić information content (AvgIpc) is 2.14. The third-order valence-electron chi connectivity index (χ3n) is 2.32. The van der Waals surface area contributed by atoms with Crippen molar-refractivity contribution in [1.29, 1.82) is 0 Å². The smallest absolute Gasteiger partial charge is 0.0408 e. The molecule has 0 radical (unpaired) electrons. The maximum atomic E-state index is 5.88. The molecule has 1 unspecified atom stereocenters. The van der Waals surface area contributed by atoms with E-state index in [1.807, 2.05) is 18.2 Å². The fraction of sp³-hybridized carbons (Fsp3) is 0.455. The van der Waals surface area contributed by atoms with E-state index in [0.717, 1.165) is 24.4 Å². The topological polar surface area (TPSA) is 26.0 Å². The molecule has 1 aromatic rings. The van der Waals surface area contributed by atoms with Crippen LogP contribution in [-0.4, -0.2) is 6.54 Å². The van der Waals surface area contributed by atoms with Gasteiger partial charge in [-0.05, 0) is 36.6 Å². The maximum absolute atomic E-state index is 5.88. The molecule has 1 aromatic carbocycles. The largest absolute Gasteiger partial charge is 0.330 e. The van der Waals surface area contributed by atoms with Crippen molar-refractivity contribution in [1.82, 2.24) is 0 Å². The van der Waals surface area contributed by atoms with Gasteiger partial charge < -0.3 is 5.73 Å². The van der Waals surface area contributed by atoms with E-state index in [-0.39, 0.29) is 0 Å². The summed E-state index contributed by atoms with van der Waals surface area (Å²) in [6.07, 6.45) is 2.16. The van der Waals surface area contributed by atoms with Crippen LogP contribution in [-0.2, 0) is 6.42 Å². The second-order valence-corrected chi connectivity index (χ2v) is 3.78. The van der Waals surface area contributed by atoms with Crippen LogP contribution in [0.2, 0.25) is 5.02 Å². The Morgan fingerprint density at radius 1 is 1.46 bits per heavy atom. The molecule has 0 saturated heterocycles. The molecule has 0 aliphatic rings. The van der Waals surface area contributed by atoms with Gasteiger partial charge in [0.15, 0.2) is 0 Å². The highest BCUT2D eigenvalue weighted by atomic mass is 35.5. The number of nitrogens with two attached hydrogens (primary N) is 1. The monoisotopic (exact) mass is 197 g/mol. The van der Waals surface area contributed by atoms with Crippen LogP contribution in [0.4, 0.5) is 0 Å². The summed E-state index contributed by atoms with van der Waals surface area (Å²) >= 11 is 5.88. The summed E-state index contributed by atoms with van der Waals surface area (Å²) in [6, 6.07) is 8.00. The van der Waals surface area contributed by atoms with E-state index in [1.165, 1.54) is 5.56 Å². The average molecular weight is 198 g/mol. The SMILES string of the molecule is CCC(CN)Cc1cccc(Cl)c1. The first-order chi connectivity index (χ1) is 6.26. The normalized spacial score (nSPS) is 12.8. The van der Waals surface area contributed by atoms with Gasteiger partial charge in [0.1, 0.15) is 0 Å². The lowest BCUT2D eigenvalue weighted by atomic mass is 9.97. The summed E-state index contributed by atoms with van der Waals surface area (Å²) in [4.78, 5) is 0. The fourth-order valence-electron chi connectivity index (χ4n) is 1.39. The quantitative estimate of drug-likeness (QED) is 0.790. The van der Waals surface area contributed by atoms with Gasteiger partial charge in [-0.3, -0.25) is 0 Å². The highest BCUT2D eigenvalue weighted by Crippen LogP contribution is 2.15. The van der Waals surface area contributed by atoms with E-state index in [4.69, 9.17) is 17.3 Å². The molecule has 0 fully saturated rings. The lowest BCUT2D eigenvalue weighted by molar-refractivity contribution is 0.519. The zero-order chi connectivity index (χ0) is 9.68. The minimum absolute atomic E-state index is 0.582. The number of rotatable bonds is 4. The van der Waals surface area contributed by atoms with Crippen molar-refractivity contribution in [2.75, 3.05) is 6.54 Å². The van der Waals surface area contributed by atoms with Crippen LogP contribution in [0.3, 0.4) is 0 Å². The van der Waals surface area contributed by atoms with Crippen molar-refractivity contribution in [2.45, 2.75) is 19.8 Å². The van der Waals surface area contributed by atoms with Crippen molar-refractivity contribution < 1.29 is 0 Å². The first-order valence-electron chi connectivity index (χ1n) is 4.70. The third kappa shape index (κ3) is 3.37. The molecule has 0 bridgehead atoms. The van der Waals surface area contributed by atoms with Crippen LogP contribution in [0, 0.1) is 5.92 Å². The molecule has 1 rings (SSSR count). The van der Waals surface area contributed by atoms with Crippen molar-refractivity contribution in [3.63, 3.8) is 0 Å². The Morgan fingerprint density at radius 2 is 2.23 bits per heavy atom. The second-order valence-electron chi connectivity index (χ2n) is 3.34. The molecular weight excluding hydrogens is 182 g/mol. The summed E-state index contributed by atoms with van der Waals surface area (Å²) in [6.45, 7) is 2.92. The Morgan fingerprint density at radius 3 is 2.77 bits per heavy atom. The van der Waals surface area contributed by atoms with Crippen LogP contribution in [0.5, 0.6) is 0 Å². The summed E-state index contributed by atoms with van der Waals surface area (Å²) < 4.78 is 0. The standard InChI is InChI=1S/C11H16ClN/c1-2-9(8-13)6-10-4-3-5-11(12)7-10/h3-5,7,9H,2,6,8,13H2,1H3. The lowest BCUT2D eigenvalue weighted by Gasteiger charge is -2.11. The molecule has 1 atom stereocenters.